The topological polar surface area (TPSA) is 38.7 Å². The molecule has 0 aromatic carbocycles. The highest BCUT2D eigenvalue weighted by Crippen LogP contribution is 2.18. The SMILES string of the molecule is c1ncc(-c2nccs2)cn1. The summed E-state index contributed by atoms with van der Waals surface area (Å²) in [6.07, 6.45) is 6.79. The van der Waals surface area contributed by atoms with E-state index < -0.39 is 0 Å². The van der Waals surface area contributed by atoms with Gasteiger partial charge in [-0.2, -0.15) is 0 Å². The third kappa shape index (κ3) is 1.25. The van der Waals surface area contributed by atoms with E-state index in [-0.39, 0.29) is 0 Å². The molecular formula is C7H5N3S. The van der Waals surface area contributed by atoms with Crippen LogP contribution in [0.3, 0.4) is 0 Å². The first-order valence-electron chi connectivity index (χ1n) is 3.12. The summed E-state index contributed by atoms with van der Waals surface area (Å²) in [5.41, 5.74) is 0.975. The van der Waals surface area contributed by atoms with Crippen molar-refractivity contribution in [1.29, 1.82) is 0 Å². The van der Waals surface area contributed by atoms with Crippen LogP contribution in [0.5, 0.6) is 0 Å². The molecule has 4 heteroatoms. The summed E-state index contributed by atoms with van der Waals surface area (Å²) in [5, 5.41) is 2.90. The second-order valence-electron chi connectivity index (χ2n) is 1.96. The van der Waals surface area contributed by atoms with Crippen molar-refractivity contribution in [2.24, 2.45) is 0 Å². The molecule has 0 unspecified atom stereocenters. The molecule has 0 saturated heterocycles. The Morgan fingerprint density at radius 1 is 1.18 bits per heavy atom. The van der Waals surface area contributed by atoms with E-state index >= 15 is 0 Å². The second kappa shape index (κ2) is 2.75. The Labute approximate surface area is 67.8 Å². The zero-order valence-corrected chi connectivity index (χ0v) is 6.45. The van der Waals surface area contributed by atoms with Crippen molar-refractivity contribution in [1.82, 2.24) is 15.0 Å². The van der Waals surface area contributed by atoms with Gasteiger partial charge >= 0.3 is 0 Å². The third-order valence-electron chi connectivity index (χ3n) is 1.24. The summed E-state index contributed by atoms with van der Waals surface area (Å²) in [7, 11) is 0. The van der Waals surface area contributed by atoms with E-state index in [1.54, 1.807) is 29.9 Å². The highest BCUT2D eigenvalue weighted by Gasteiger charge is 1.97. The van der Waals surface area contributed by atoms with Crippen molar-refractivity contribution in [3.63, 3.8) is 0 Å². The molecule has 3 nitrogen and oxygen atoms in total. The Morgan fingerprint density at radius 3 is 2.64 bits per heavy atom. The average molecular weight is 163 g/mol. The van der Waals surface area contributed by atoms with Gasteiger partial charge in [-0.15, -0.1) is 11.3 Å². The number of hydrogen-bond donors (Lipinski definition) is 0. The minimum Gasteiger partial charge on any atom is -0.244 e. The highest BCUT2D eigenvalue weighted by atomic mass is 32.1. The summed E-state index contributed by atoms with van der Waals surface area (Å²) in [5.74, 6) is 0. The molecule has 2 rings (SSSR count). The van der Waals surface area contributed by atoms with E-state index in [9.17, 15) is 0 Å². The zero-order valence-electron chi connectivity index (χ0n) is 5.64. The van der Waals surface area contributed by atoms with Crippen molar-refractivity contribution in [2.45, 2.75) is 0 Å². The van der Waals surface area contributed by atoms with Crippen molar-refractivity contribution in [3.8, 4) is 10.6 Å². The number of rotatable bonds is 1. The van der Waals surface area contributed by atoms with Gasteiger partial charge in [0, 0.05) is 29.5 Å². The predicted octanol–water partition coefficient (Wildman–Crippen LogP) is 1.60. The standard InChI is InChI=1S/C7H5N3S/c1-2-11-7(10-1)6-3-8-5-9-4-6/h1-5H. The maximum absolute atomic E-state index is 4.12. The Morgan fingerprint density at radius 2 is 2.00 bits per heavy atom. The molecule has 2 heterocycles. The number of nitrogens with zero attached hydrogens (tertiary/aromatic N) is 3. The van der Waals surface area contributed by atoms with Gasteiger partial charge in [0.05, 0.1) is 0 Å². The molecule has 0 fully saturated rings. The first kappa shape index (κ1) is 6.42. The van der Waals surface area contributed by atoms with Crippen LogP contribution in [0.1, 0.15) is 0 Å². The summed E-state index contributed by atoms with van der Waals surface area (Å²) >= 11 is 1.58. The van der Waals surface area contributed by atoms with Crippen LogP contribution in [0, 0.1) is 0 Å². The van der Waals surface area contributed by atoms with Gasteiger partial charge in [-0.05, 0) is 0 Å². The molecular weight excluding hydrogens is 158 g/mol. The molecule has 0 bridgehead atoms. The number of hydrogen-bond acceptors (Lipinski definition) is 4. The largest absolute Gasteiger partial charge is 0.244 e. The molecule has 0 amide bonds. The quantitative estimate of drug-likeness (QED) is 0.641. The van der Waals surface area contributed by atoms with Gasteiger partial charge in [0.25, 0.3) is 0 Å². The van der Waals surface area contributed by atoms with Gasteiger partial charge in [0.1, 0.15) is 11.3 Å². The molecule has 11 heavy (non-hydrogen) atoms. The lowest BCUT2D eigenvalue weighted by Gasteiger charge is -1.90. The Hall–Kier alpha value is -1.29. The van der Waals surface area contributed by atoms with Crippen LogP contribution in [0.15, 0.2) is 30.3 Å². The molecule has 2 aromatic heterocycles. The van der Waals surface area contributed by atoms with Gasteiger partial charge in [-0.3, -0.25) is 0 Å². The molecule has 54 valence electrons. The average Bonchev–Trinajstić information content (AvgIpc) is 2.58. The minimum absolute atomic E-state index is 0.964. The Kier molecular flexibility index (Phi) is 1.61. The van der Waals surface area contributed by atoms with Crippen LogP contribution in [-0.4, -0.2) is 15.0 Å². The summed E-state index contributed by atoms with van der Waals surface area (Å²) in [6.45, 7) is 0. The summed E-state index contributed by atoms with van der Waals surface area (Å²) < 4.78 is 0. The highest BCUT2D eigenvalue weighted by molar-refractivity contribution is 7.13. The van der Waals surface area contributed by atoms with Crippen LogP contribution < -0.4 is 0 Å². The smallest absolute Gasteiger partial charge is 0.126 e. The third-order valence-corrected chi connectivity index (χ3v) is 2.06. The predicted molar refractivity (Wildman–Crippen MR) is 43.1 cm³/mol. The van der Waals surface area contributed by atoms with Gasteiger partial charge in [-0.25, -0.2) is 15.0 Å². The van der Waals surface area contributed by atoms with Crippen molar-refractivity contribution >= 4 is 11.3 Å². The van der Waals surface area contributed by atoms with Gasteiger partial charge in [-0.1, -0.05) is 0 Å². The van der Waals surface area contributed by atoms with Crippen LogP contribution in [-0.2, 0) is 0 Å². The van der Waals surface area contributed by atoms with E-state index in [0.717, 1.165) is 10.6 Å². The van der Waals surface area contributed by atoms with Crippen molar-refractivity contribution < 1.29 is 0 Å². The van der Waals surface area contributed by atoms with Gasteiger partial charge < -0.3 is 0 Å². The second-order valence-corrected chi connectivity index (χ2v) is 2.86. The molecule has 0 aliphatic carbocycles. The lowest BCUT2D eigenvalue weighted by Crippen LogP contribution is -1.79. The maximum atomic E-state index is 4.12. The fourth-order valence-corrected chi connectivity index (χ4v) is 1.39. The van der Waals surface area contributed by atoms with Gasteiger partial charge in [0.2, 0.25) is 0 Å². The minimum atomic E-state index is 0.964. The number of aromatic nitrogens is 3. The van der Waals surface area contributed by atoms with Crippen LogP contribution >= 0.6 is 11.3 Å². The normalized spacial score (nSPS) is 9.82. The zero-order chi connectivity index (χ0) is 7.52. The van der Waals surface area contributed by atoms with E-state index in [1.807, 2.05) is 5.38 Å². The van der Waals surface area contributed by atoms with E-state index in [1.165, 1.54) is 6.33 Å². The molecule has 0 aliphatic rings. The summed E-state index contributed by atoms with van der Waals surface area (Å²) in [4.78, 5) is 11.9. The Bertz CT molecular complexity index is 317. The van der Waals surface area contributed by atoms with Crippen molar-refractivity contribution in [2.75, 3.05) is 0 Å². The van der Waals surface area contributed by atoms with Crippen molar-refractivity contribution in [3.05, 3.63) is 30.3 Å². The fraction of sp³-hybridized carbons (Fsp3) is 0. The van der Waals surface area contributed by atoms with Gasteiger partial charge in [0.15, 0.2) is 0 Å². The first-order valence-corrected chi connectivity index (χ1v) is 3.99. The molecule has 0 aliphatic heterocycles. The molecule has 0 N–H and O–H groups in total. The molecule has 0 radical (unpaired) electrons. The first-order chi connectivity index (χ1) is 5.47. The number of thiazole rings is 1. The van der Waals surface area contributed by atoms with E-state index in [2.05, 4.69) is 15.0 Å². The summed E-state index contributed by atoms with van der Waals surface area (Å²) in [6, 6.07) is 0. The lowest BCUT2D eigenvalue weighted by atomic mass is 10.4. The molecule has 0 spiro atoms. The monoisotopic (exact) mass is 163 g/mol. The lowest BCUT2D eigenvalue weighted by molar-refractivity contribution is 1.17. The van der Waals surface area contributed by atoms with E-state index in [0.29, 0.717) is 0 Å². The molecule has 0 saturated carbocycles. The van der Waals surface area contributed by atoms with Crippen LogP contribution in [0.2, 0.25) is 0 Å². The van der Waals surface area contributed by atoms with E-state index in [4.69, 9.17) is 0 Å². The Balaban J connectivity index is 2.46. The van der Waals surface area contributed by atoms with Crippen LogP contribution in [0.4, 0.5) is 0 Å². The molecule has 2 aromatic rings. The molecule has 0 atom stereocenters. The fourth-order valence-electron chi connectivity index (χ4n) is 0.776. The van der Waals surface area contributed by atoms with Crippen LogP contribution in [0.25, 0.3) is 10.6 Å². The maximum Gasteiger partial charge on any atom is 0.126 e.